The van der Waals surface area contributed by atoms with E-state index in [1.54, 1.807) is 4.90 Å². The van der Waals surface area contributed by atoms with Crippen LogP contribution in [0, 0.1) is 0 Å². The second-order valence-electron chi connectivity index (χ2n) is 7.06. The molecule has 0 aliphatic carbocycles. The maximum absolute atomic E-state index is 5.80. The summed E-state index contributed by atoms with van der Waals surface area (Å²) in [5.74, 6) is 1.32. The number of hydrogen-bond donors (Lipinski definition) is 2. The van der Waals surface area contributed by atoms with Gasteiger partial charge in [-0.2, -0.15) is 0 Å². The number of likely N-dealkylation sites (tertiary alicyclic amines) is 1. The average Bonchev–Trinajstić information content (AvgIpc) is 3.18. The number of rotatable bonds is 6. The molecule has 1 fully saturated rings. The summed E-state index contributed by atoms with van der Waals surface area (Å²) < 4.78 is 5.80. The minimum absolute atomic E-state index is 0.608. The molecule has 5 nitrogen and oxygen atoms in total. The van der Waals surface area contributed by atoms with Crippen molar-refractivity contribution in [1.82, 2.24) is 10.2 Å². The van der Waals surface area contributed by atoms with Crippen molar-refractivity contribution in [3.05, 3.63) is 72.1 Å². The van der Waals surface area contributed by atoms with Gasteiger partial charge in [-0.1, -0.05) is 48.5 Å². The summed E-state index contributed by atoms with van der Waals surface area (Å²) in [6, 6.07) is 21.4. The smallest absolute Gasteiger partial charge is 0.271 e. The first-order valence-corrected chi connectivity index (χ1v) is 9.45. The van der Waals surface area contributed by atoms with Gasteiger partial charge < -0.3 is 14.6 Å². The highest BCUT2D eigenvalue weighted by atomic mass is 16.4. The van der Waals surface area contributed by atoms with E-state index in [0.29, 0.717) is 17.8 Å². The quantitative estimate of drug-likeness (QED) is 0.699. The summed E-state index contributed by atoms with van der Waals surface area (Å²) in [6.45, 7) is 4.36. The molecule has 1 aromatic heterocycles. The Hall–Kier alpha value is -2.50. The highest BCUT2D eigenvalue weighted by Gasteiger charge is 2.25. The highest BCUT2D eigenvalue weighted by Crippen LogP contribution is 2.16. The van der Waals surface area contributed by atoms with Crippen LogP contribution in [0.2, 0.25) is 0 Å². The van der Waals surface area contributed by atoms with Crippen LogP contribution in [-0.4, -0.2) is 29.3 Å². The second kappa shape index (κ2) is 8.25. The third-order valence-corrected chi connectivity index (χ3v) is 5.15. The third kappa shape index (κ3) is 4.36. The first-order valence-electron chi connectivity index (χ1n) is 9.45. The van der Waals surface area contributed by atoms with E-state index < -0.39 is 0 Å². The van der Waals surface area contributed by atoms with Crippen molar-refractivity contribution in [1.29, 1.82) is 0 Å². The Balaban J connectivity index is 1.23. The van der Waals surface area contributed by atoms with Crippen LogP contribution in [0.5, 0.6) is 0 Å². The Kier molecular flexibility index (Phi) is 5.38. The molecule has 4 rings (SSSR count). The van der Waals surface area contributed by atoms with Gasteiger partial charge in [-0.15, -0.1) is 10.2 Å². The molecular formula is C21H26N4O+2. The van der Waals surface area contributed by atoms with Crippen molar-refractivity contribution in [3.63, 3.8) is 0 Å². The second-order valence-corrected chi connectivity index (χ2v) is 7.06. The molecule has 2 aromatic carbocycles. The molecule has 3 N–H and O–H groups in total. The topological polar surface area (TPSA) is 60.0 Å². The number of aromatic nitrogens is 2. The molecule has 0 amide bonds. The van der Waals surface area contributed by atoms with Gasteiger partial charge in [-0.25, -0.2) is 0 Å². The molecule has 2 heterocycles. The monoisotopic (exact) mass is 350 g/mol. The molecule has 5 heteroatoms. The molecule has 3 aromatic rings. The van der Waals surface area contributed by atoms with E-state index in [4.69, 9.17) is 4.42 Å². The minimum Gasteiger partial charge on any atom is -0.415 e. The van der Waals surface area contributed by atoms with Gasteiger partial charge in [0.1, 0.15) is 6.54 Å². The maximum atomic E-state index is 5.80. The van der Waals surface area contributed by atoms with Crippen LogP contribution in [0.1, 0.15) is 24.3 Å². The van der Waals surface area contributed by atoms with E-state index >= 15 is 0 Å². The van der Waals surface area contributed by atoms with E-state index in [9.17, 15) is 0 Å². The third-order valence-electron chi connectivity index (χ3n) is 5.15. The molecule has 0 bridgehead atoms. The van der Waals surface area contributed by atoms with E-state index in [-0.39, 0.29) is 0 Å². The number of hydrogen-bond acceptors (Lipinski definition) is 3. The van der Waals surface area contributed by atoms with Crippen LogP contribution >= 0.6 is 0 Å². The van der Waals surface area contributed by atoms with Gasteiger partial charge in [0, 0.05) is 24.0 Å². The number of benzene rings is 2. The van der Waals surface area contributed by atoms with Gasteiger partial charge in [0.2, 0.25) is 5.89 Å². The fraction of sp³-hybridized carbons (Fsp3) is 0.333. The zero-order valence-electron chi connectivity index (χ0n) is 15.0. The number of nitrogens with zero attached hydrogens (tertiary/aromatic N) is 2. The molecular weight excluding hydrogens is 324 g/mol. The molecule has 1 aliphatic heterocycles. The predicted octanol–water partition coefficient (Wildman–Crippen LogP) is 1.05. The van der Waals surface area contributed by atoms with Crippen LogP contribution in [-0.2, 0) is 13.1 Å². The number of piperidine rings is 1. The van der Waals surface area contributed by atoms with E-state index in [0.717, 1.165) is 18.7 Å². The lowest BCUT2D eigenvalue weighted by Gasteiger charge is -2.27. The van der Waals surface area contributed by atoms with Crippen LogP contribution in [0.3, 0.4) is 0 Å². The lowest BCUT2D eigenvalue weighted by atomic mass is 10.0. The molecule has 0 unspecified atom stereocenters. The summed E-state index contributed by atoms with van der Waals surface area (Å²) in [6.07, 6.45) is 2.48. The summed E-state index contributed by atoms with van der Waals surface area (Å²) in [5.41, 5.74) is 2.41. The standard InChI is InChI=1S/C21H24N4O/c1-3-7-17(8-4-1)16-25-13-11-19(12-14-25)22-15-20-23-24-21(26-20)18-9-5-2-6-10-18/h1-10,19,22H,11-16H2/p+2. The predicted molar refractivity (Wildman–Crippen MR) is 99.2 cm³/mol. The molecule has 0 radical (unpaired) electrons. The SMILES string of the molecule is c1ccc(C[NH+]2CCC([NH2+]Cc3nnc(-c4ccccc4)o3)CC2)cc1. The Morgan fingerprint density at radius 2 is 1.62 bits per heavy atom. The Morgan fingerprint density at radius 3 is 2.35 bits per heavy atom. The Bertz CT molecular complexity index is 795. The highest BCUT2D eigenvalue weighted by molar-refractivity contribution is 5.51. The van der Waals surface area contributed by atoms with Gasteiger partial charge >= 0.3 is 0 Å². The van der Waals surface area contributed by atoms with Gasteiger partial charge in [-0.05, 0) is 12.1 Å². The number of quaternary nitrogens is 2. The molecule has 0 spiro atoms. The molecule has 134 valence electrons. The maximum Gasteiger partial charge on any atom is 0.271 e. The summed E-state index contributed by atoms with van der Waals surface area (Å²) in [5, 5.41) is 10.7. The number of nitrogens with two attached hydrogens (primary N) is 1. The number of nitrogens with one attached hydrogen (secondary N) is 1. The van der Waals surface area contributed by atoms with Crippen LogP contribution in [0.25, 0.3) is 11.5 Å². The van der Waals surface area contributed by atoms with Crippen molar-refractivity contribution in [3.8, 4) is 11.5 Å². The summed E-state index contributed by atoms with van der Waals surface area (Å²) in [7, 11) is 0. The average molecular weight is 350 g/mol. The van der Waals surface area contributed by atoms with Gasteiger partial charge in [0.25, 0.3) is 5.89 Å². The Morgan fingerprint density at radius 1 is 0.923 bits per heavy atom. The van der Waals surface area contributed by atoms with Gasteiger partial charge in [0.05, 0.1) is 19.1 Å². The normalized spacial score (nSPS) is 20.2. The van der Waals surface area contributed by atoms with E-state index in [1.165, 1.54) is 31.5 Å². The zero-order chi connectivity index (χ0) is 17.6. The molecule has 0 atom stereocenters. The van der Waals surface area contributed by atoms with Crippen molar-refractivity contribution in [2.24, 2.45) is 0 Å². The molecule has 0 saturated carbocycles. The first kappa shape index (κ1) is 16.9. The lowest BCUT2D eigenvalue weighted by molar-refractivity contribution is -0.926. The Labute approximate surface area is 154 Å². The first-order chi connectivity index (χ1) is 12.9. The summed E-state index contributed by atoms with van der Waals surface area (Å²) >= 11 is 0. The van der Waals surface area contributed by atoms with Crippen LogP contribution < -0.4 is 10.2 Å². The van der Waals surface area contributed by atoms with Crippen LogP contribution in [0.4, 0.5) is 0 Å². The van der Waals surface area contributed by atoms with Crippen molar-refractivity contribution in [2.45, 2.75) is 32.0 Å². The minimum atomic E-state index is 0.608. The lowest BCUT2D eigenvalue weighted by Crippen LogP contribution is -3.13. The molecule has 26 heavy (non-hydrogen) atoms. The largest absolute Gasteiger partial charge is 0.415 e. The van der Waals surface area contributed by atoms with Gasteiger partial charge in [0.15, 0.2) is 6.54 Å². The van der Waals surface area contributed by atoms with Crippen molar-refractivity contribution >= 4 is 0 Å². The van der Waals surface area contributed by atoms with E-state index in [2.05, 4.69) is 45.8 Å². The van der Waals surface area contributed by atoms with Crippen molar-refractivity contribution < 1.29 is 14.6 Å². The molecule has 1 saturated heterocycles. The van der Waals surface area contributed by atoms with Gasteiger partial charge in [-0.3, -0.25) is 0 Å². The van der Waals surface area contributed by atoms with Crippen LogP contribution in [0.15, 0.2) is 65.1 Å². The fourth-order valence-electron chi connectivity index (χ4n) is 3.65. The van der Waals surface area contributed by atoms with Crippen molar-refractivity contribution in [2.75, 3.05) is 13.1 Å². The fourth-order valence-corrected chi connectivity index (χ4v) is 3.65. The zero-order valence-corrected chi connectivity index (χ0v) is 15.0. The molecule has 1 aliphatic rings. The summed E-state index contributed by atoms with van der Waals surface area (Å²) in [4.78, 5) is 1.69. The van der Waals surface area contributed by atoms with E-state index in [1.807, 2.05) is 30.3 Å².